The molecule has 0 aliphatic carbocycles. The number of fused-ring (bicyclic) bond motifs is 1. The van der Waals surface area contributed by atoms with E-state index < -0.39 is 24.5 Å². The Morgan fingerprint density at radius 1 is 1.47 bits per heavy atom. The van der Waals surface area contributed by atoms with E-state index in [4.69, 9.17) is 14.2 Å². The highest BCUT2D eigenvalue weighted by Gasteiger charge is 2.43. The third-order valence-corrected chi connectivity index (χ3v) is 2.54. The molecular formula is C9H14O6. The Morgan fingerprint density at radius 3 is 3.00 bits per heavy atom. The van der Waals surface area contributed by atoms with Gasteiger partial charge < -0.3 is 24.1 Å². The Bertz CT molecular complexity index is 243. The van der Waals surface area contributed by atoms with Gasteiger partial charge in [0.1, 0.15) is 18.3 Å². The van der Waals surface area contributed by atoms with Crippen LogP contribution in [0, 0.1) is 0 Å². The molecule has 6 nitrogen and oxygen atoms in total. The van der Waals surface area contributed by atoms with Crippen LogP contribution in [0.25, 0.3) is 0 Å². The summed E-state index contributed by atoms with van der Waals surface area (Å²) in [5.41, 5.74) is 0. The van der Waals surface area contributed by atoms with Crippen molar-refractivity contribution in [1.82, 2.24) is 0 Å². The van der Waals surface area contributed by atoms with Crippen molar-refractivity contribution in [2.75, 3.05) is 20.3 Å². The van der Waals surface area contributed by atoms with E-state index >= 15 is 0 Å². The molecule has 2 saturated heterocycles. The number of carbonyl (C=O) groups excluding carboxylic acids is 1. The summed E-state index contributed by atoms with van der Waals surface area (Å²) < 4.78 is 20.4. The molecule has 2 rings (SSSR count). The van der Waals surface area contributed by atoms with Crippen LogP contribution in [0.15, 0.2) is 0 Å². The third kappa shape index (κ3) is 2.28. The lowest BCUT2D eigenvalue weighted by Gasteiger charge is -2.31. The smallest absolute Gasteiger partial charge is 0.310 e. The number of aliphatic hydroxyl groups excluding tert-OH is 1. The lowest BCUT2D eigenvalue weighted by atomic mass is 10.1. The second-order valence-corrected chi connectivity index (χ2v) is 3.58. The number of methoxy groups -OCH3 is 1. The SMILES string of the molecule is COC(=O)C[C@H]1OC[C@H]2OC[C@H](O)[C@H]2O1. The molecule has 2 aliphatic rings. The highest BCUT2D eigenvalue weighted by Crippen LogP contribution is 2.25. The fourth-order valence-corrected chi connectivity index (χ4v) is 1.72. The summed E-state index contributed by atoms with van der Waals surface area (Å²) in [5, 5.41) is 9.51. The van der Waals surface area contributed by atoms with E-state index in [0.717, 1.165) is 0 Å². The molecule has 2 heterocycles. The maximum absolute atomic E-state index is 11.0. The molecule has 0 saturated carbocycles. The van der Waals surface area contributed by atoms with E-state index in [-0.39, 0.29) is 19.1 Å². The van der Waals surface area contributed by atoms with Crippen LogP contribution in [-0.2, 0) is 23.7 Å². The number of aliphatic hydroxyl groups is 1. The number of hydrogen-bond acceptors (Lipinski definition) is 6. The Morgan fingerprint density at radius 2 is 2.27 bits per heavy atom. The minimum atomic E-state index is -0.643. The van der Waals surface area contributed by atoms with E-state index in [2.05, 4.69) is 4.74 Å². The van der Waals surface area contributed by atoms with Crippen molar-refractivity contribution in [3.63, 3.8) is 0 Å². The van der Waals surface area contributed by atoms with E-state index in [0.29, 0.717) is 6.61 Å². The molecule has 2 aliphatic heterocycles. The summed E-state index contributed by atoms with van der Waals surface area (Å²) in [4.78, 5) is 11.0. The second kappa shape index (κ2) is 4.44. The zero-order chi connectivity index (χ0) is 10.8. The average Bonchev–Trinajstić information content (AvgIpc) is 2.60. The predicted octanol–water partition coefficient (Wildman–Crippen LogP) is -0.949. The first kappa shape index (κ1) is 10.8. The maximum atomic E-state index is 11.0. The summed E-state index contributed by atoms with van der Waals surface area (Å²) in [6.45, 7) is 0.590. The molecule has 0 spiro atoms. The zero-order valence-electron chi connectivity index (χ0n) is 8.42. The normalized spacial score (nSPS) is 39.9. The molecule has 0 radical (unpaired) electrons. The van der Waals surface area contributed by atoms with Crippen LogP contribution in [0.3, 0.4) is 0 Å². The number of esters is 1. The summed E-state index contributed by atoms with van der Waals surface area (Å²) in [7, 11) is 1.31. The Labute approximate surface area is 87.1 Å². The topological polar surface area (TPSA) is 74.2 Å². The minimum Gasteiger partial charge on any atom is -0.469 e. The third-order valence-electron chi connectivity index (χ3n) is 2.54. The molecular weight excluding hydrogens is 204 g/mol. The predicted molar refractivity (Wildman–Crippen MR) is 47.0 cm³/mol. The second-order valence-electron chi connectivity index (χ2n) is 3.58. The molecule has 2 fully saturated rings. The van der Waals surface area contributed by atoms with Crippen LogP contribution in [0.4, 0.5) is 0 Å². The fraction of sp³-hybridized carbons (Fsp3) is 0.889. The molecule has 0 aromatic heterocycles. The van der Waals surface area contributed by atoms with E-state index in [1.807, 2.05) is 0 Å². The molecule has 0 unspecified atom stereocenters. The highest BCUT2D eigenvalue weighted by atomic mass is 16.7. The van der Waals surface area contributed by atoms with Crippen molar-refractivity contribution >= 4 is 5.97 Å². The van der Waals surface area contributed by atoms with Gasteiger partial charge in [-0.3, -0.25) is 4.79 Å². The van der Waals surface area contributed by atoms with E-state index in [1.54, 1.807) is 0 Å². The first-order chi connectivity index (χ1) is 7.20. The monoisotopic (exact) mass is 218 g/mol. The largest absolute Gasteiger partial charge is 0.469 e. The molecule has 0 bridgehead atoms. The molecule has 0 aromatic carbocycles. The lowest BCUT2D eigenvalue weighted by Crippen LogP contribution is -2.46. The number of carbonyl (C=O) groups is 1. The van der Waals surface area contributed by atoms with Gasteiger partial charge in [-0.1, -0.05) is 0 Å². The summed E-state index contributed by atoms with van der Waals surface area (Å²) in [6, 6.07) is 0. The number of ether oxygens (including phenoxy) is 4. The van der Waals surface area contributed by atoms with Gasteiger partial charge in [-0.25, -0.2) is 0 Å². The molecule has 6 heteroatoms. The molecule has 1 N–H and O–H groups in total. The van der Waals surface area contributed by atoms with Gasteiger partial charge in [0.15, 0.2) is 6.29 Å². The molecule has 86 valence electrons. The van der Waals surface area contributed by atoms with Crippen molar-refractivity contribution in [3.8, 4) is 0 Å². The van der Waals surface area contributed by atoms with Crippen LogP contribution in [0.2, 0.25) is 0 Å². The van der Waals surface area contributed by atoms with Crippen molar-refractivity contribution < 1.29 is 28.8 Å². The van der Waals surface area contributed by atoms with Gasteiger partial charge in [-0.15, -0.1) is 0 Å². The van der Waals surface area contributed by atoms with Crippen LogP contribution in [-0.4, -0.2) is 56.0 Å². The Balaban J connectivity index is 1.88. The maximum Gasteiger partial charge on any atom is 0.310 e. The van der Waals surface area contributed by atoms with Crippen LogP contribution in [0.1, 0.15) is 6.42 Å². The summed E-state index contributed by atoms with van der Waals surface area (Å²) >= 11 is 0. The molecule has 15 heavy (non-hydrogen) atoms. The minimum absolute atomic E-state index is 0.0342. The lowest BCUT2D eigenvalue weighted by molar-refractivity contribution is -0.249. The molecule has 4 atom stereocenters. The van der Waals surface area contributed by atoms with Gasteiger partial charge in [0.05, 0.1) is 26.7 Å². The van der Waals surface area contributed by atoms with E-state index in [1.165, 1.54) is 7.11 Å². The van der Waals surface area contributed by atoms with Gasteiger partial charge in [-0.2, -0.15) is 0 Å². The van der Waals surface area contributed by atoms with Crippen molar-refractivity contribution in [2.45, 2.75) is 31.0 Å². The van der Waals surface area contributed by atoms with Gasteiger partial charge in [0.25, 0.3) is 0 Å². The van der Waals surface area contributed by atoms with Gasteiger partial charge in [-0.05, 0) is 0 Å². The van der Waals surface area contributed by atoms with Gasteiger partial charge in [0, 0.05) is 0 Å². The zero-order valence-corrected chi connectivity index (χ0v) is 8.42. The van der Waals surface area contributed by atoms with Crippen molar-refractivity contribution in [2.24, 2.45) is 0 Å². The van der Waals surface area contributed by atoms with Crippen LogP contribution < -0.4 is 0 Å². The van der Waals surface area contributed by atoms with Crippen molar-refractivity contribution in [1.29, 1.82) is 0 Å². The molecule has 0 amide bonds. The Hall–Kier alpha value is -0.690. The summed E-state index contributed by atoms with van der Waals surface area (Å²) in [6.07, 6.45) is -1.87. The van der Waals surface area contributed by atoms with Gasteiger partial charge in [0.2, 0.25) is 0 Å². The molecule has 0 aromatic rings. The summed E-state index contributed by atoms with van der Waals surface area (Å²) in [5.74, 6) is -0.396. The fourth-order valence-electron chi connectivity index (χ4n) is 1.72. The van der Waals surface area contributed by atoms with Gasteiger partial charge >= 0.3 is 5.97 Å². The first-order valence-corrected chi connectivity index (χ1v) is 4.84. The van der Waals surface area contributed by atoms with Crippen LogP contribution in [0.5, 0.6) is 0 Å². The quantitative estimate of drug-likeness (QED) is 0.602. The standard InChI is InChI=1S/C9H14O6/c1-12-7(11)2-8-14-4-6-9(15-8)5(10)3-13-6/h5-6,8-10H,2-4H2,1H3/t5-,6+,8-,9+/m0/s1. The number of rotatable bonds is 2. The first-order valence-electron chi connectivity index (χ1n) is 4.84. The highest BCUT2D eigenvalue weighted by molar-refractivity contribution is 5.69. The average molecular weight is 218 g/mol. The van der Waals surface area contributed by atoms with E-state index in [9.17, 15) is 9.90 Å². The number of hydrogen-bond donors (Lipinski definition) is 1. The van der Waals surface area contributed by atoms with Crippen LogP contribution >= 0.6 is 0 Å². The van der Waals surface area contributed by atoms with Crippen molar-refractivity contribution in [3.05, 3.63) is 0 Å². The Kier molecular flexibility index (Phi) is 3.20.